The molecule has 0 amide bonds. The summed E-state index contributed by atoms with van der Waals surface area (Å²) in [5, 5.41) is 14.9. The van der Waals surface area contributed by atoms with E-state index >= 15 is 0 Å². The van der Waals surface area contributed by atoms with Crippen molar-refractivity contribution in [1.82, 2.24) is 25.5 Å². The summed E-state index contributed by atoms with van der Waals surface area (Å²) < 4.78 is 6.80. The lowest BCUT2D eigenvalue weighted by atomic mass is 10.3. The summed E-state index contributed by atoms with van der Waals surface area (Å²) in [6, 6.07) is 0.347. The van der Waals surface area contributed by atoms with Gasteiger partial charge in [-0.25, -0.2) is 4.68 Å². The maximum atomic E-state index is 4.94. The maximum Gasteiger partial charge on any atom is 0.165 e. The number of ether oxygens (including phenoxy) is 1. The number of hydrogen-bond donors (Lipinski definition) is 1. The highest BCUT2D eigenvalue weighted by atomic mass is 16.5. The summed E-state index contributed by atoms with van der Waals surface area (Å²) >= 11 is 0. The largest absolute Gasteiger partial charge is 0.383 e. The van der Waals surface area contributed by atoms with Gasteiger partial charge in [-0.2, -0.15) is 0 Å². The minimum atomic E-state index is 0.347. The molecule has 0 spiro atoms. The molecule has 86 valence electrons. The zero-order valence-corrected chi connectivity index (χ0v) is 9.60. The van der Waals surface area contributed by atoms with E-state index in [-0.39, 0.29) is 0 Å². The molecule has 0 radical (unpaired) electrons. The Balaban J connectivity index is 2.43. The second kappa shape index (κ2) is 6.47. The molecule has 0 aliphatic heterocycles. The molecule has 1 atom stereocenters. The minimum Gasteiger partial charge on any atom is -0.383 e. The molecule has 1 aromatic heterocycles. The van der Waals surface area contributed by atoms with E-state index in [1.165, 1.54) is 0 Å². The Kier molecular flexibility index (Phi) is 5.20. The molecular weight excluding hydrogens is 194 g/mol. The van der Waals surface area contributed by atoms with E-state index < -0.39 is 0 Å². The van der Waals surface area contributed by atoms with E-state index in [1.807, 2.05) is 4.68 Å². The van der Waals surface area contributed by atoms with Crippen LogP contribution in [0.25, 0.3) is 0 Å². The molecule has 0 saturated heterocycles. The number of nitrogens with one attached hydrogen (secondary N) is 1. The van der Waals surface area contributed by atoms with Crippen molar-refractivity contribution < 1.29 is 4.74 Å². The molecule has 1 aromatic rings. The SMILES string of the molecule is CCC(C)n1nnnc1CNCCOC. The topological polar surface area (TPSA) is 64.9 Å². The Hall–Kier alpha value is -1.01. The summed E-state index contributed by atoms with van der Waals surface area (Å²) in [7, 11) is 1.69. The first kappa shape index (κ1) is 12.1. The molecule has 1 rings (SSSR count). The lowest BCUT2D eigenvalue weighted by Crippen LogP contribution is -2.22. The van der Waals surface area contributed by atoms with Crippen LogP contribution in [0, 0.1) is 0 Å². The van der Waals surface area contributed by atoms with E-state index in [2.05, 4.69) is 34.7 Å². The third kappa shape index (κ3) is 3.56. The summed E-state index contributed by atoms with van der Waals surface area (Å²) in [6.07, 6.45) is 1.02. The van der Waals surface area contributed by atoms with Gasteiger partial charge in [0.1, 0.15) is 0 Å². The van der Waals surface area contributed by atoms with E-state index in [0.29, 0.717) is 19.2 Å². The molecule has 0 aromatic carbocycles. The zero-order valence-electron chi connectivity index (χ0n) is 9.60. The highest BCUT2D eigenvalue weighted by molar-refractivity contribution is 4.82. The van der Waals surface area contributed by atoms with E-state index in [9.17, 15) is 0 Å². The summed E-state index contributed by atoms with van der Waals surface area (Å²) in [5.74, 6) is 0.875. The van der Waals surface area contributed by atoms with Crippen LogP contribution in [-0.2, 0) is 11.3 Å². The van der Waals surface area contributed by atoms with Gasteiger partial charge in [0.05, 0.1) is 19.2 Å². The van der Waals surface area contributed by atoms with Crippen LogP contribution in [0.5, 0.6) is 0 Å². The fraction of sp³-hybridized carbons (Fsp3) is 0.889. The maximum absolute atomic E-state index is 4.94. The molecule has 0 aliphatic rings. The first-order chi connectivity index (χ1) is 7.29. The van der Waals surface area contributed by atoms with Gasteiger partial charge in [0.15, 0.2) is 5.82 Å². The predicted octanol–water partition coefficient (Wildman–Crippen LogP) is 0.380. The highest BCUT2D eigenvalue weighted by Gasteiger charge is 2.10. The van der Waals surface area contributed by atoms with Crippen LogP contribution in [-0.4, -0.2) is 40.5 Å². The number of rotatable bonds is 7. The normalized spacial score (nSPS) is 13.0. The standard InChI is InChI=1S/C9H19N5O/c1-4-8(2)14-9(11-12-13-14)7-10-5-6-15-3/h8,10H,4-7H2,1-3H3. The van der Waals surface area contributed by atoms with Crippen molar-refractivity contribution in [3.63, 3.8) is 0 Å². The van der Waals surface area contributed by atoms with Crippen LogP contribution in [0.15, 0.2) is 0 Å². The van der Waals surface area contributed by atoms with Gasteiger partial charge in [-0.15, -0.1) is 5.10 Å². The molecule has 0 fully saturated rings. The molecule has 15 heavy (non-hydrogen) atoms. The van der Waals surface area contributed by atoms with Crippen molar-refractivity contribution in [3.8, 4) is 0 Å². The van der Waals surface area contributed by atoms with E-state index in [0.717, 1.165) is 18.8 Å². The monoisotopic (exact) mass is 213 g/mol. The number of hydrogen-bond acceptors (Lipinski definition) is 5. The van der Waals surface area contributed by atoms with Crippen molar-refractivity contribution in [2.75, 3.05) is 20.3 Å². The summed E-state index contributed by atoms with van der Waals surface area (Å²) in [4.78, 5) is 0. The van der Waals surface area contributed by atoms with Crippen molar-refractivity contribution >= 4 is 0 Å². The van der Waals surface area contributed by atoms with Gasteiger partial charge in [0.25, 0.3) is 0 Å². The smallest absolute Gasteiger partial charge is 0.165 e. The van der Waals surface area contributed by atoms with Crippen molar-refractivity contribution in [1.29, 1.82) is 0 Å². The lowest BCUT2D eigenvalue weighted by molar-refractivity contribution is 0.198. The van der Waals surface area contributed by atoms with Gasteiger partial charge in [-0.05, 0) is 23.8 Å². The first-order valence-corrected chi connectivity index (χ1v) is 5.26. The fourth-order valence-corrected chi connectivity index (χ4v) is 1.22. The first-order valence-electron chi connectivity index (χ1n) is 5.26. The molecule has 1 N–H and O–H groups in total. The Morgan fingerprint density at radius 2 is 2.33 bits per heavy atom. The van der Waals surface area contributed by atoms with Crippen LogP contribution in [0.4, 0.5) is 0 Å². The molecule has 0 bridgehead atoms. The molecule has 6 heteroatoms. The number of methoxy groups -OCH3 is 1. The van der Waals surface area contributed by atoms with Gasteiger partial charge < -0.3 is 10.1 Å². The molecule has 0 saturated carbocycles. The number of tetrazole rings is 1. The molecule has 6 nitrogen and oxygen atoms in total. The van der Waals surface area contributed by atoms with E-state index in [4.69, 9.17) is 4.74 Å². The van der Waals surface area contributed by atoms with Crippen LogP contribution in [0.2, 0.25) is 0 Å². The van der Waals surface area contributed by atoms with Gasteiger partial charge in [0.2, 0.25) is 0 Å². The second-order valence-electron chi connectivity index (χ2n) is 3.47. The van der Waals surface area contributed by atoms with E-state index in [1.54, 1.807) is 7.11 Å². The van der Waals surface area contributed by atoms with Gasteiger partial charge >= 0.3 is 0 Å². The van der Waals surface area contributed by atoms with Crippen LogP contribution in [0.3, 0.4) is 0 Å². The van der Waals surface area contributed by atoms with Crippen LogP contribution in [0.1, 0.15) is 32.1 Å². The lowest BCUT2D eigenvalue weighted by Gasteiger charge is -2.10. The molecule has 1 unspecified atom stereocenters. The Morgan fingerprint density at radius 3 is 3.00 bits per heavy atom. The summed E-state index contributed by atoms with van der Waals surface area (Å²) in [5.41, 5.74) is 0. The van der Waals surface area contributed by atoms with Crippen molar-refractivity contribution in [3.05, 3.63) is 5.82 Å². The molecule has 0 aliphatic carbocycles. The number of nitrogens with zero attached hydrogens (tertiary/aromatic N) is 4. The van der Waals surface area contributed by atoms with Crippen LogP contribution < -0.4 is 5.32 Å². The third-order valence-corrected chi connectivity index (χ3v) is 2.34. The average Bonchev–Trinajstić information content (AvgIpc) is 2.71. The van der Waals surface area contributed by atoms with Gasteiger partial charge in [-0.1, -0.05) is 6.92 Å². The molecular formula is C9H19N5O. The fourth-order valence-electron chi connectivity index (χ4n) is 1.22. The second-order valence-corrected chi connectivity index (χ2v) is 3.47. The van der Waals surface area contributed by atoms with Crippen molar-refractivity contribution in [2.24, 2.45) is 0 Å². The van der Waals surface area contributed by atoms with Crippen LogP contribution >= 0.6 is 0 Å². The minimum absolute atomic E-state index is 0.347. The quantitative estimate of drug-likeness (QED) is 0.663. The Bertz CT molecular complexity index is 275. The molecule has 1 heterocycles. The third-order valence-electron chi connectivity index (χ3n) is 2.34. The summed E-state index contributed by atoms with van der Waals surface area (Å²) in [6.45, 7) is 6.42. The van der Waals surface area contributed by atoms with Gasteiger partial charge in [-0.3, -0.25) is 0 Å². The van der Waals surface area contributed by atoms with Gasteiger partial charge in [0, 0.05) is 13.7 Å². The van der Waals surface area contributed by atoms with Crippen molar-refractivity contribution in [2.45, 2.75) is 32.9 Å². The average molecular weight is 213 g/mol. The Labute approximate surface area is 90.0 Å². The highest BCUT2D eigenvalue weighted by Crippen LogP contribution is 2.08. The predicted molar refractivity (Wildman–Crippen MR) is 56.4 cm³/mol. The zero-order chi connectivity index (χ0) is 11.1. The Morgan fingerprint density at radius 1 is 1.53 bits per heavy atom. The number of aromatic nitrogens is 4.